The Morgan fingerprint density at radius 2 is 2.42 bits per heavy atom. The molecule has 5 heteroatoms. The third-order valence-corrected chi connectivity index (χ3v) is 3.14. The lowest BCUT2D eigenvalue weighted by Gasteiger charge is -2.05. The van der Waals surface area contributed by atoms with Gasteiger partial charge in [-0.2, -0.15) is 0 Å². The third-order valence-electron chi connectivity index (χ3n) is 3.14. The summed E-state index contributed by atoms with van der Waals surface area (Å²) in [5, 5.41) is 4.46. The molecule has 0 bridgehead atoms. The summed E-state index contributed by atoms with van der Waals surface area (Å²) in [6.45, 7) is 1.72. The Hall–Kier alpha value is -2.35. The first-order chi connectivity index (χ1) is 9.20. The van der Waals surface area contributed by atoms with Gasteiger partial charge in [0.05, 0.1) is 16.6 Å². The lowest BCUT2D eigenvalue weighted by atomic mass is 10.1. The molecule has 1 aliphatic carbocycles. The minimum atomic E-state index is -0.460. The number of fused-ring (bicyclic) bond motifs is 1. The van der Waals surface area contributed by atoms with Crippen LogP contribution in [0, 0.1) is 19.3 Å². The Morgan fingerprint density at radius 1 is 1.63 bits per heavy atom. The van der Waals surface area contributed by atoms with Gasteiger partial charge in [0.2, 0.25) is 0 Å². The lowest BCUT2D eigenvalue weighted by Crippen LogP contribution is -2.07. The number of aryl methyl sites for hydroxylation is 1. The molecule has 0 amide bonds. The molecule has 0 atom stereocenters. The van der Waals surface area contributed by atoms with Crippen LogP contribution >= 0.6 is 0 Å². The van der Waals surface area contributed by atoms with Crippen molar-refractivity contribution in [2.75, 3.05) is 6.61 Å². The normalized spacial score (nSPS) is 14.3. The number of nitrogens with zero attached hydrogens (tertiary/aromatic N) is 2. The number of terminal acetylenes is 1. The summed E-state index contributed by atoms with van der Waals surface area (Å²) < 4.78 is 10.1. The van der Waals surface area contributed by atoms with Gasteiger partial charge < -0.3 is 9.26 Å². The molecule has 0 aromatic carbocycles. The maximum atomic E-state index is 12.0. The van der Waals surface area contributed by atoms with Crippen molar-refractivity contribution in [2.45, 2.75) is 25.7 Å². The molecule has 0 spiro atoms. The summed E-state index contributed by atoms with van der Waals surface area (Å²) in [6.07, 6.45) is 7.27. The zero-order chi connectivity index (χ0) is 13.4. The number of esters is 1. The highest BCUT2D eigenvalue weighted by Crippen LogP contribution is 2.40. The van der Waals surface area contributed by atoms with Gasteiger partial charge >= 0.3 is 5.97 Å². The quantitative estimate of drug-likeness (QED) is 0.622. The molecule has 0 saturated heterocycles. The summed E-state index contributed by atoms with van der Waals surface area (Å²) in [4.78, 5) is 16.5. The fourth-order valence-electron chi connectivity index (χ4n) is 2.05. The van der Waals surface area contributed by atoms with Gasteiger partial charge in [0, 0.05) is 11.6 Å². The van der Waals surface area contributed by atoms with Crippen molar-refractivity contribution in [1.29, 1.82) is 0 Å². The van der Waals surface area contributed by atoms with E-state index >= 15 is 0 Å². The van der Waals surface area contributed by atoms with Crippen LogP contribution in [0.25, 0.3) is 11.1 Å². The molecule has 0 N–H and O–H groups in total. The molecule has 0 aliphatic heterocycles. The number of hydrogen-bond acceptors (Lipinski definition) is 5. The summed E-state index contributed by atoms with van der Waals surface area (Å²) in [6, 6.07) is 1.77. The maximum Gasteiger partial charge on any atom is 0.340 e. The lowest BCUT2D eigenvalue weighted by molar-refractivity contribution is 0.0558. The highest BCUT2D eigenvalue weighted by atomic mass is 16.5. The first-order valence-corrected chi connectivity index (χ1v) is 6.08. The first-order valence-electron chi connectivity index (χ1n) is 6.08. The van der Waals surface area contributed by atoms with E-state index in [1.54, 1.807) is 13.0 Å². The van der Waals surface area contributed by atoms with E-state index in [-0.39, 0.29) is 6.61 Å². The van der Waals surface area contributed by atoms with Crippen molar-refractivity contribution >= 4 is 17.1 Å². The van der Waals surface area contributed by atoms with Crippen molar-refractivity contribution < 1.29 is 14.1 Å². The second-order valence-electron chi connectivity index (χ2n) is 4.60. The van der Waals surface area contributed by atoms with Gasteiger partial charge in [-0.15, -0.1) is 6.42 Å². The van der Waals surface area contributed by atoms with E-state index in [9.17, 15) is 4.79 Å². The van der Waals surface area contributed by atoms with Crippen molar-refractivity contribution in [1.82, 2.24) is 10.1 Å². The van der Waals surface area contributed by atoms with Crippen molar-refractivity contribution in [2.24, 2.45) is 0 Å². The fourth-order valence-corrected chi connectivity index (χ4v) is 2.05. The van der Waals surface area contributed by atoms with Crippen LogP contribution in [0.15, 0.2) is 10.6 Å². The van der Waals surface area contributed by atoms with Gasteiger partial charge in [0.15, 0.2) is 6.61 Å². The van der Waals surface area contributed by atoms with Crippen molar-refractivity contribution in [3.05, 3.63) is 23.0 Å². The van der Waals surface area contributed by atoms with Crippen molar-refractivity contribution in [3.63, 3.8) is 0 Å². The molecule has 2 aromatic heterocycles. The van der Waals surface area contributed by atoms with Gasteiger partial charge in [-0.25, -0.2) is 9.78 Å². The van der Waals surface area contributed by atoms with Crippen LogP contribution in [0.3, 0.4) is 0 Å². The Kier molecular flexibility index (Phi) is 2.71. The third kappa shape index (κ3) is 2.06. The van der Waals surface area contributed by atoms with Gasteiger partial charge in [-0.1, -0.05) is 11.1 Å². The number of aromatic nitrogens is 2. The molecule has 0 unspecified atom stereocenters. The van der Waals surface area contributed by atoms with Crippen LogP contribution in [-0.2, 0) is 4.74 Å². The van der Waals surface area contributed by atoms with E-state index in [0.717, 1.165) is 18.5 Å². The van der Waals surface area contributed by atoms with Crippen LogP contribution in [0.4, 0.5) is 0 Å². The Labute approximate surface area is 109 Å². The van der Waals surface area contributed by atoms with E-state index in [2.05, 4.69) is 16.1 Å². The minimum absolute atomic E-state index is 0.0499. The van der Waals surface area contributed by atoms with Gasteiger partial charge in [0.25, 0.3) is 5.71 Å². The zero-order valence-corrected chi connectivity index (χ0v) is 10.5. The van der Waals surface area contributed by atoms with Gasteiger partial charge in [0.1, 0.15) is 0 Å². The second-order valence-corrected chi connectivity index (χ2v) is 4.60. The molecule has 1 aliphatic rings. The van der Waals surface area contributed by atoms with E-state index < -0.39 is 5.97 Å². The zero-order valence-electron chi connectivity index (χ0n) is 10.5. The van der Waals surface area contributed by atoms with Crippen LogP contribution in [0.1, 0.15) is 40.5 Å². The van der Waals surface area contributed by atoms with Crippen LogP contribution in [-0.4, -0.2) is 22.7 Å². The SMILES string of the molecule is C#CCOC(=O)c1cc(C2CC2)nc2onc(C)c12. The molecule has 3 rings (SSSR count). The topological polar surface area (TPSA) is 65.2 Å². The molecule has 2 aromatic rings. The molecule has 1 fully saturated rings. The predicted octanol–water partition coefficient (Wildman–Crippen LogP) is 2.20. The first kappa shape index (κ1) is 11.7. The van der Waals surface area contributed by atoms with Gasteiger partial charge in [-0.05, 0) is 25.8 Å². The van der Waals surface area contributed by atoms with Crippen LogP contribution < -0.4 is 0 Å². The standard InChI is InChI=1S/C14H12N2O3/c1-3-6-18-14(17)10-7-11(9-4-5-9)15-13-12(10)8(2)16-19-13/h1,7,9H,4-6H2,2H3. The van der Waals surface area contributed by atoms with E-state index in [1.165, 1.54) is 0 Å². The van der Waals surface area contributed by atoms with Crippen LogP contribution in [0.5, 0.6) is 0 Å². The smallest absolute Gasteiger partial charge is 0.340 e. The van der Waals surface area contributed by atoms with Crippen molar-refractivity contribution in [3.8, 4) is 12.3 Å². The van der Waals surface area contributed by atoms with Crippen LogP contribution in [0.2, 0.25) is 0 Å². The second kappa shape index (κ2) is 4.39. The van der Waals surface area contributed by atoms with E-state index in [4.69, 9.17) is 15.7 Å². The molecular formula is C14H12N2O3. The predicted molar refractivity (Wildman–Crippen MR) is 67.6 cm³/mol. The number of carbonyl (C=O) groups excluding carboxylic acids is 1. The molecule has 5 nitrogen and oxygen atoms in total. The highest BCUT2D eigenvalue weighted by Gasteiger charge is 2.28. The molecule has 0 radical (unpaired) electrons. The number of hydrogen-bond donors (Lipinski definition) is 0. The Balaban J connectivity index is 2.11. The average molecular weight is 256 g/mol. The largest absolute Gasteiger partial charge is 0.449 e. The number of ether oxygens (including phenoxy) is 1. The summed E-state index contributed by atoms with van der Waals surface area (Å²) in [5.41, 5.74) is 2.30. The number of rotatable bonds is 3. The summed E-state index contributed by atoms with van der Waals surface area (Å²) in [7, 11) is 0. The number of pyridine rings is 1. The summed E-state index contributed by atoms with van der Waals surface area (Å²) in [5.74, 6) is 2.23. The monoisotopic (exact) mass is 256 g/mol. The highest BCUT2D eigenvalue weighted by molar-refractivity contribution is 6.03. The molecule has 1 saturated carbocycles. The number of carbonyl (C=O) groups is 1. The Morgan fingerprint density at radius 3 is 3.11 bits per heavy atom. The molecule has 96 valence electrons. The average Bonchev–Trinajstić information content (AvgIpc) is 3.20. The summed E-state index contributed by atoms with van der Waals surface area (Å²) >= 11 is 0. The minimum Gasteiger partial charge on any atom is -0.449 e. The molecular weight excluding hydrogens is 244 g/mol. The molecule has 2 heterocycles. The van der Waals surface area contributed by atoms with Gasteiger partial charge in [-0.3, -0.25) is 0 Å². The van der Waals surface area contributed by atoms with E-state index in [0.29, 0.717) is 28.3 Å². The van der Waals surface area contributed by atoms with E-state index in [1.807, 2.05) is 0 Å². The molecule has 19 heavy (non-hydrogen) atoms. The Bertz CT molecular complexity index is 693. The maximum absolute atomic E-state index is 12.0. The fraction of sp³-hybridized carbons (Fsp3) is 0.357.